The molecule has 1 heterocycles. The van der Waals surface area contributed by atoms with Crippen molar-refractivity contribution in [2.24, 2.45) is 0 Å². The van der Waals surface area contributed by atoms with Crippen molar-refractivity contribution in [1.82, 2.24) is 4.98 Å². The van der Waals surface area contributed by atoms with Gasteiger partial charge in [-0.3, -0.25) is 10.1 Å². The third-order valence-electron chi connectivity index (χ3n) is 1.39. The molecule has 0 aromatic carbocycles. The highest BCUT2D eigenvalue weighted by Gasteiger charge is 2.21. The van der Waals surface area contributed by atoms with Crippen molar-refractivity contribution >= 4 is 11.7 Å². The summed E-state index contributed by atoms with van der Waals surface area (Å²) in [6.07, 6.45) is 0. The van der Waals surface area contributed by atoms with Gasteiger partial charge in [-0.15, -0.1) is 0 Å². The number of aromatic amines is 1. The minimum atomic E-state index is -1.27. The quantitative estimate of drug-likeness (QED) is 0.531. The number of nitrogens with one attached hydrogen (secondary N) is 1. The van der Waals surface area contributed by atoms with E-state index in [2.05, 4.69) is 9.72 Å². The van der Waals surface area contributed by atoms with Gasteiger partial charge in [-0.25, -0.2) is 4.79 Å². The van der Waals surface area contributed by atoms with Gasteiger partial charge in [0, 0.05) is 0 Å². The van der Waals surface area contributed by atoms with Crippen molar-refractivity contribution in [1.29, 1.82) is 0 Å². The van der Waals surface area contributed by atoms with Crippen LogP contribution in [0.2, 0.25) is 0 Å². The van der Waals surface area contributed by atoms with Gasteiger partial charge in [-0.05, 0) is 0 Å². The molecule has 0 amide bonds. The van der Waals surface area contributed by atoms with E-state index in [1.807, 2.05) is 0 Å². The molecule has 13 heavy (non-hydrogen) atoms. The standard InChI is InChI=1S/C6H6N2O5/c1-13-5-4(8(11)12)2-3(7-5)6(9)10/h2,7H,1H3,(H,9,10). The molecule has 0 fully saturated rings. The van der Waals surface area contributed by atoms with Crippen LogP contribution in [0.5, 0.6) is 5.88 Å². The van der Waals surface area contributed by atoms with Gasteiger partial charge in [0.1, 0.15) is 5.69 Å². The van der Waals surface area contributed by atoms with Crippen LogP contribution in [-0.4, -0.2) is 28.1 Å². The number of nitrogens with zero attached hydrogens (tertiary/aromatic N) is 1. The predicted octanol–water partition coefficient (Wildman–Crippen LogP) is 0.630. The lowest BCUT2D eigenvalue weighted by Crippen LogP contribution is -1.95. The van der Waals surface area contributed by atoms with Crippen LogP contribution < -0.4 is 4.74 Å². The highest BCUT2D eigenvalue weighted by atomic mass is 16.6. The summed E-state index contributed by atoms with van der Waals surface area (Å²) in [6, 6.07) is 0.904. The number of aromatic carboxylic acids is 1. The van der Waals surface area contributed by atoms with Crippen molar-refractivity contribution in [2.75, 3.05) is 7.11 Å². The van der Waals surface area contributed by atoms with Gasteiger partial charge in [0.05, 0.1) is 18.1 Å². The van der Waals surface area contributed by atoms with E-state index in [0.29, 0.717) is 0 Å². The third-order valence-corrected chi connectivity index (χ3v) is 1.39. The Morgan fingerprint density at radius 3 is 2.69 bits per heavy atom. The van der Waals surface area contributed by atoms with Crippen molar-refractivity contribution in [3.63, 3.8) is 0 Å². The topological polar surface area (TPSA) is 105 Å². The number of aromatic nitrogens is 1. The lowest BCUT2D eigenvalue weighted by Gasteiger charge is -1.92. The Bertz CT molecular complexity index is 356. The van der Waals surface area contributed by atoms with Crippen molar-refractivity contribution < 1.29 is 19.6 Å². The Hall–Kier alpha value is -2.05. The van der Waals surface area contributed by atoms with Crippen molar-refractivity contribution in [2.45, 2.75) is 0 Å². The number of methoxy groups -OCH3 is 1. The van der Waals surface area contributed by atoms with Crippen LogP contribution >= 0.6 is 0 Å². The van der Waals surface area contributed by atoms with Gasteiger partial charge in [-0.2, -0.15) is 0 Å². The van der Waals surface area contributed by atoms with Crippen LogP contribution in [0.25, 0.3) is 0 Å². The maximum Gasteiger partial charge on any atom is 0.352 e. The first-order valence-corrected chi connectivity index (χ1v) is 3.21. The Morgan fingerprint density at radius 2 is 2.38 bits per heavy atom. The van der Waals surface area contributed by atoms with Crippen LogP contribution in [0.3, 0.4) is 0 Å². The number of carbonyl (C=O) groups is 1. The fourth-order valence-corrected chi connectivity index (χ4v) is 0.831. The first kappa shape index (κ1) is 9.04. The summed E-state index contributed by atoms with van der Waals surface area (Å²) in [5.41, 5.74) is -0.663. The largest absolute Gasteiger partial charge is 0.477 e. The minimum Gasteiger partial charge on any atom is -0.477 e. The Kier molecular flexibility index (Phi) is 2.18. The molecule has 0 radical (unpaired) electrons. The second-order valence-corrected chi connectivity index (χ2v) is 2.16. The molecular formula is C6H6N2O5. The summed E-state index contributed by atoms with van der Waals surface area (Å²) in [6.45, 7) is 0. The zero-order valence-electron chi connectivity index (χ0n) is 6.60. The second-order valence-electron chi connectivity index (χ2n) is 2.16. The lowest BCUT2D eigenvalue weighted by atomic mass is 10.4. The molecule has 1 aromatic rings. The fraction of sp³-hybridized carbons (Fsp3) is 0.167. The van der Waals surface area contributed by atoms with Gasteiger partial charge in [0.15, 0.2) is 0 Å². The molecular weight excluding hydrogens is 180 g/mol. The molecule has 0 aliphatic heterocycles. The molecule has 0 unspecified atom stereocenters. The Labute approximate surface area is 72.1 Å². The van der Waals surface area contributed by atoms with Gasteiger partial charge in [0.25, 0.3) is 5.88 Å². The minimum absolute atomic E-state index is 0.164. The van der Waals surface area contributed by atoms with E-state index in [-0.39, 0.29) is 17.3 Å². The van der Waals surface area contributed by atoms with E-state index in [9.17, 15) is 14.9 Å². The number of hydrogen-bond acceptors (Lipinski definition) is 4. The molecule has 0 bridgehead atoms. The smallest absolute Gasteiger partial charge is 0.352 e. The van der Waals surface area contributed by atoms with Gasteiger partial charge >= 0.3 is 11.7 Å². The predicted molar refractivity (Wildman–Crippen MR) is 41.0 cm³/mol. The molecule has 0 aliphatic carbocycles. The van der Waals surface area contributed by atoms with E-state index in [1.165, 1.54) is 7.11 Å². The summed E-state index contributed by atoms with van der Waals surface area (Å²) in [7, 11) is 1.21. The number of H-pyrrole nitrogens is 1. The van der Waals surface area contributed by atoms with Crippen molar-refractivity contribution in [3.05, 3.63) is 21.9 Å². The Morgan fingerprint density at radius 1 is 1.77 bits per heavy atom. The third kappa shape index (κ3) is 1.58. The highest BCUT2D eigenvalue weighted by molar-refractivity contribution is 5.87. The van der Waals surface area contributed by atoms with E-state index >= 15 is 0 Å². The summed E-state index contributed by atoms with van der Waals surface area (Å²) in [5, 5.41) is 18.8. The summed E-state index contributed by atoms with van der Waals surface area (Å²) >= 11 is 0. The molecule has 0 saturated carbocycles. The number of hydrogen-bond donors (Lipinski definition) is 2. The molecule has 1 rings (SSSR count). The van der Waals surface area contributed by atoms with Gasteiger partial charge in [0.2, 0.25) is 0 Å². The number of carboxylic acids is 1. The average molecular weight is 186 g/mol. The Balaban J connectivity index is 3.19. The first-order valence-electron chi connectivity index (χ1n) is 3.21. The van der Waals surface area contributed by atoms with Crippen LogP contribution in [0.15, 0.2) is 6.07 Å². The second kappa shape index (κ2) is 3.13. The first-order chi connectivity index (χ1) is 6.06. The molecule has 0 aliphatic rings. The fourth-order valence-electron chi connectivity index (χ4n) is 0.831. The van der Waals surface area contributed by atoms with E-state index in [1.54, 1.807) is 0 Å². The van der Waals surface area contributed by atoms with E-state index in [4.69, 9.17) is 5.11 Å². The lowest BCUT2D eigenvalue weighted by molar-refractivity contribution is -0.385. The van der Waals surface area contributed by atoms with Crippen LogP contribution in [0.1, 0.15) is 10.5 Å². The summed E-state index contributed by atoms with van der Waals surface area (Å²) < 4.78 is 4.58. The molecule has 1 aromatic heterocycles. The average Bonchev–Trinajstić information content (AvgIpc) is 2.47. The molecule has 70 valence electrons. The van der Waals surface area contributed by atoms with E-state index in [0.717, 1.165) is 6.07 Å². The monoisotopic (exact) mass is 186 g/mol. The zero-order valence-corrected chi connectivity index (χ0v) is 6.60. The number of nitro groups is 1. The zero-order chi connectivity index (χ0) is 10.0. The summed E-state index contributed by atoms with van der Waals surface area (Å²) in [4.78, 5) is 22.3. The molecule has 2 N–H and O–H groups in total. The number of ether oxygens (including phenoxy) is 1. The number of carboxylic acid groups (broad SMARTS) is 1. The van der Waals surface area contributed by atoms with E-state index < -0.39 is 10.9 Å². The van der Waals surface area contributed by atoms with Crippen molar-refractivity contribution in [3.8, 4) is 5.88 Å². The highest BCUT2D eigenvalue weighted by Crippen LogP contribution is 2.26. The van der Waals surface area contributed by atoms with Gasteiger partial charge < -0.3 is 14.8 Å². The van der Waals surface area contributed by atoms with Crippen LogP contribution in [-0.2, 0) is 0 Å². The molecule has 7 heteroatoms. The normalized spacial score (nSPS) is 9.62. The SMILES string of the molecule is COc1[nH]c(C(=O)O)cc1[N+](=O)[O-]. The summed E-state index contributed by atoms with van der Waals surface area (Å²) in [5.74, 6) is -1.44. The molecule has 0 atom stereocenters. The molecule has 0 saturated heterocycles. The molecule has 0 spiro atoms. The van der Waals surface area contributed by atoms with Crippen LogP contribution in [0, 0.1) is 10.1 Å². The maximum absolute atomic E-state index is 10.4. The van der Waals surface area contributed by atoms with Crippen LogP contribution in [0.4, 0.5) is 5.69 Å². The maximum atomic E-state index is 10.4. The number of rotatable bonds is 3. The molecule has 7 nitrogen and oxygen atoms in total. The van der Waals surface area contributed by atoms with Gasteiger partial charge in [-0.1, -0.05) is 0 Å².